The average molecular weight is 222 g/mol. The molecule has 4 nitrogen and oxygen atoms in total. The second-order valence-electron chi connectivity index (χ2n) is 3.89. The number of hydrogen-bond donors (Lipinski definition) is 3. The summed E-state index contributed by atoms with van der Waals surface area (Å²) in [6.45, 7) is 3.74. The predicted molar refractivity (Wildman–Crippen MR) is 64.2 cm³/mol. The van der Waals surface area contributed by atoms with Crippen LogP contribution in [0.1, 0.15) is 29.3 Å². The Kier molecular flexibility index (Phi) is 4.31. The van der Waals surface area contributed by atoms with Gasteiger partial charge in [0.25, 0.3) is 5.91 Å². The molecule has 0 unspecified atom stereocenters. The third kappa shape index (κ3) is 3.24. The zero-order valence-corrected chi connectivity index (χ0v) is 9.66. The molecule has 1 aromatic rings. The van der Waals surface area contributed by atoms with Crippen molar-refractivity contribution in [2.75, 3.05) is 12.3 Å². The summed E-state index contributed by atoms with van der Waals surface area (Å²) in [5.74, 6) is -0.198. The Labute approximate surface area is 95.5 Å². The fourth-order valence-corrected chi connectivity index (χ4v) is 1.49. The Bertz CT molecular complexity index is 353. The van der Waals surface area contributed by atoms with E-state index in [0.717, 1.165) is 5.56 Å². The molecule has 0 aromatic heterocycles. The van der Waals surface area contributed by atoms with Crippen molar-refractivity contribution in [1.29, 1.82) is 0 Å². The van der Waals surface area contributed by atoms with Crippen molar-refractivity contribution in [2.45, 2.75) is 26.3 Å². The molecule has 0 fully saturated rings. The number of amides is 1. The molecule has 0 bridgehead atoms. The number of nitrogens with two attached hydrogens (primary N) is 1. The minimum atomic E-state index is -0.200. The molecule has 16 heavy (non-hydrogen) atoms. The maximum atomic E-state index is 11.8. The van der Waals surface area contributed by atoms with Crippen LogP contribution in [0.2, 0.25) is 0 Å². The van der Waals surface area contributed by atoms with Crippen LogP contribution in [0.25, 0.3) is 0 Å². The van der Waals surface area contributed by atoms with E-state index in [-0.39, 0.29) is 18.6 Å². The molecule has 0 aliphatic rings. The lowest BCUT2D eigenvalue weighted by atomic mass is 10.1. The minimum absolute atomic E-state index is 0.0520. The third-order valence-corrected chi connectivity index (χ3v) is 2.41. The SMILES string of the molecule is CC[C@H](CO)NC(=O)c1cc(C)cc(N)c1. The zero-order valence-electron chi connectivity index (χ0n) is 9.66. The molecule has 0 spiro atoms. The van der Waals surface area contributed by atoms with E-state index in [9.17, 15) is 4.79 Å². The van der Waals surface area contributed by atoms with Gasteiger partial charge in [0.15, 0.2) is 0 Å². The van der Waals surface area contributed by atoms with Gasteiger partial charge >= 0.3 is 0 Å². The maximum absolute atomic E-state index is 11.8. The summed E-state index contributed by atoms with van der Waals surface area (Å²) < 4.78 is 0. The van der Waals surface area contributed by atoms with Crippen molar-refractivity contribution in [2.24, 2.45) is 0 Å². The highest BCUT2D eigenvalue weighted by atomic mass is 16.3. The van der Waals surface area contributed by atoms with E-state index in [1.165, 1.54) is 0 Å². The number of benzene rings is 1. The molecule has 0 aliphatic carbocycles. The van der Waals surface area contributed by atoms with Crippen molar-refractivity contribution < 1.29 is 9.90 Å². The molecule has 1 amide bonds. The number of rotatable bonds is 4. The van der Waals surface area contributed by atoms with Crippen LogP contribution in [0.4, 0.5) is 5.69 Å². The first kappa shape index (κ1) is 12.5. The van der Waals surface area contributed by atoms with Gasteiger partial charge in [0.2, 0.25) is 0 Å². The number of nitrogen functional groups attached to an aromatic ring is 1. The number of nitrogens with one attached hydrogen (secondary N) is 1. The van der Waals surface area contributed by atoms with Crippen LogP contribution in [-0.2, 0) is 0 Å². The van der Waals surface area contributed by atoms with Crippen LogP contribution in [0, 0.1) is 6.92 Å². The normalized spacial score (nSPS) is 12.2. The van der Waals surface area contributed by atoms with E-state index in [0.29, 0.717) is 17.7 Å². The first-order valence-electron chi connectivity index (χ1n) is 5.35. The summed E-state index contributed by atoms with van der Waals surface area (Å²) in [5, 5.41) is 11.7. The smallest absolute Gasteiger partial charge is 0.251 e. The molecule has 1 atom stereocenters. The maximum Gasteiger partial charge on any atom is 0.251 e. The molecule has 1 aromatic carbocycles. The zero-order chi connectivity index (χ0) is 12.1. The minimum Gasteiger partial charge on any atom is -0.399 e. The number of aryl methyl sites for hydroxylation is 1. The molecule has 0 radical (unpaired) electrons. The number of anilines is 1. The summed E-state index contributed by atoms with van der Waals surface area (Å²) in [7, 11) is 0. The number of carbonyl (C=O) groups excluding carboxylic acids is 1. The van der Waals surface area contributed by atoms with E-state index >= 15 is 0 Å². The van der Waals surface area contributed by atoms with Crippen molar-refractivity contribution >= 4 is 11.6 Å². The van der Waals surface area contributed by atoms with Gasteiger partial charge in [-0.1, -0.05) is 6.92 Å². The summed E-state index contributed by atoms with van der Waals surface area (Å²) >= 11 is 0. The molecule has 0 heterocycles. The number of aliphatic hydroxyl groups is 1. The van der Waals surface area contributed by atoms with Crippen LogP contribution in [0.5, 0.6) is 0 Å². The molecule has 4 heteroatoms. The van der Waals surface area contributed by atoms with Gasteiger partial charge in [-0.2, -0.15) is 0 Å². The van der Waals surface area contributed by atoms with Gasteiger partial charge in [-0.3, -0.25) is 4.79 Å². The monoisotopic (exact) mass is 222 g/mol. The largest absolute Gasteiger partial charge is 0.399 e. The highest BCUT2D eigenvalue weighted by molar-refractivity contribution is 5.95. The van der Waals surface area contributed by atoms with Gasteiger partial charge in [0.1, 0.15) is 0 Å². The lowest BCUT2D eigenvalue weighted by Crippen LogP contribution is -2.36. The molecule has 0 aliphatic heterocycles. The second kappa shape index (κ2) is 5.51. The second-order valence-corrected chi connectivity index (χ2v) is 3.89. The van der Waals surface area contributed by atoms with Gasteiger partial charge in [0, 0.05) is 11.3 Å². The molecular weight excluding hydrogens is 204 g/mol. The molecular formula is C12H18N2O2. The van der Waals surface area contributed by atoms with Crippen molar-refractivity contribution in [3.63, 3.8) is 0 Å². The van der Waals surface area contributed by atoms with E-state index in [1.54, 1.807) is 18.2 Å². The molecule has 0 saturated carbocycles. The fourth-order valence-electron chi connectivity index (χ4n) is 1.49. The van der Waals surface area contributed by atoms with Crippen LogP contribution in [0.15, 0.2) is 18.2 Å². The summed E-state index contributed by atoms with van der Waals surface area (Å²) in [6, 6.07) is 5.01. The van der Waals surface area contributed by atoms with Gasteiger partial charge in [-0.25, -0.2) is 0 Å². The highest BCUT2D eigenvalue weighted by Gasteiger charge is 2.11. The van der Waals surface area contributed by atoms with E-state index in [1.807, 2.05) is 13.8 Å². The average Bonchev–Trinajstić information content (AvgIpc) is 2.24. The van der Waals surface area contributed by atoms with Crippen LogP contribution < -0.4 is 11.1 Å². The Morgan fingerprint density at radius 3 is 2.69 bits per heavy atom. The number of carbonyl (C=O) groups is 1. The van der Waals surface area contributed by atoms with Gasteiger partial charge < -0.3 is 16.2 Å². The summed E-state index contributed by atoms with van der Waals surface area (Å²) in [4.78, 5) is 11.8. The van der Waals surface area contributed by atoms with Crippen LogP contribution >= 0.6 is 0 Å². The van der Waals surface area contributed by atoms with Crippen molar-refractivity contribution in [3.05, 3.63) is 29.3 Å². The molecule has 88 valence electrons. The number of hydrogen-bond acceptors (Lipinski definition) is 3. The van der Waals surface area contributed by atoms with Crippen molar-refractivity contribution in [3.8, 4) is 0 Å². The van der Waals surface area contributed by atoms with Gasteiger partial charge in [-0.15, -0.1) is 0 Å². The predicted octanol–water partition coefficient (Wildman–Crippen LogP) is 1.08. The standard InChI is InChI=1S/C12H18N2O2/c1-3-11(7-15)14-12(16)9-4-8(2)5-10(13)6-9/h4-6,11,15H,3,7,13H2,1-2H3,(H,14,16)/t11-/m1/s1. The quantitative estimate of drug-likeness (QED) is 0.667. The molecule has 4 N–H and O–H groups in total. The van der Waals surface area contributed by atoms with E-state index in [4.69, 9.17) is 10.8 Å². The Morgan fingerprint density at radius 2 is 2.19 bits per heavy atom. The first-order valence-corrected chi connectivity index (χ1v) is 5.35. The Hall–Kier alpha value is -1.55. The summed E-state index contributed by atoms with van der Waals surface area (Å²) in [5.41, 5.74) is 7.71. The fraction of sp³-hybridized carbons (Fsp3) is 0.417. The van der Waals surface area contributed by atoms with Crippen LogP contribution in [0.3, 0.4) is 0 Å². The van der Waals surface area contributed by atoms with Crippen molar-refractivity contribution in [1.82, 2.24) is 5.32 Å². The molecule has 1 rings (SSSR count). The Balaban J connectivity index is 2.80. The third-order valence-electron chi connectivity index (χ3n) is 2.41. The van der Waals surface area contributed by atoms with E-state index < -0.39 is 0 Å². The summed E-state index contributed by atoms with van der Waals surface area (Å²) in [6.07, 6.45) is 0.698. The first-order chi connectivity index (χ1) is 7.56. The molecule has 0 saturated heterocycles. The van der Waals surface area contributed by atoms with Gasteiger partial charge in [-0.05, 0) is 37.1 Å². The lowest BCUT2D eigenvalue weighted by Gasteiger charge is -2.14. The van der Waals surface area contributed by atoms with E-state index in [2.05, 4.69) is 5.32 Å². The lowest BCUT2D eigenvalue weighted by molar-refractivity contribution is 0.0915. The topological polar surface area (TPSA) is 75.3 Å². The van der Waals surface area contributed by atoms with Crippen LogP contribution in [-0.4, -0.2) is 23.7 Å². The highest BCUT2D eigenvalue weighted by Crippen LogP contribution is 2.11. The number of aliphatic hydroxyl groups excluding tert-OH is 1. The van der Waals surface area contributed by atoms with Gasteiger partial charge in [0.05, 0.1) is 12.6 Å². The Morgan fingerprint density at radius 1 is 1.50 bits per heavy atom.